The number of hydrogen-bond acceptors (Lipinski definition) is 7. The summed E-state index contributed by atoms with van der Waals surface area (Å²) in [6.07, 6.45) is 3.60. The van der Waals surface area contributed by atoms with Crippen molar-refractivity contribution in [2.75, 3.05) is 66.8 Å². The van der Waals surface area contributed by atoms with Gasteiger partial charge in [0.15, 0.2) is 23.0 Å². The van der Waals surface area contributed by atoms with E-state index < -0.39 is 0 Å². The fourth-order valence-electron chi connectivity index (χ4n) is 4.28. The van der Waals surface area contributed by atoms with Gasteiger partial charge in [0.25, 0.3) is 0 Å². The van der Waals surface area contributed by atoms with Crippen LogP contribution in [0.5, 0.6) is 23.0 Å². The van der Waals surface area contributed by atoms with Crippen LogP contribution in [0.15, 0.2) is 36.4 Å². The first-order valence-corrected chi connectivity index (χ1v) is 29.0. The molecule has 0 heterocycles. The molecule has 2 atom stereocenters. The third-order valence-electron chi connectivity index (χ3n) is 7.27. The zero-order chi connectivity index (χ0) is 34.0. The number of benzene rings is 2. The van der Waals surface area contributed by atoms with E-state index >= 15 is 0 Å². The first kappa shape index (κ1) is 49.0. The average Bonchev–Trinajstić information content (AvgIpc) is 3.03. The number of alkyl halides is 1. The summed E-state index contributed by atoms with van der Waals surface area (Å²) >= 11 is 8.91. The zero-order valence-electron chi connectivity index (χ0n) is 28.7. The molecule has 1 N–H and O–H groups in total. The topological polar surface area (TPSA) is 75.6 Å². The van der Waals surface area contributed by atoms with Crippen molar-refractivity contribution >= 4 is 77.1 Å². The van der Waals surface area contributed by atoms with E-state index in [1.165, 1.54) is 5.56 Å². The van der Waals surface area contributed by atoms with Crippen LogP contribution in [0, 0.1) is 23.7 Å². The fraction of sp³-hybridized carbons (Fsp3) is 0.647. The molecule has 0 saturated heterocycles. The molecule has 12 heteroatoms. The molecule has 0 aliphatic rings. The summed E-state index contributed by atoms with van der Waals surface area (Å²) in [5.74, 6) is 5.09. The van der Waals surface area contributed by atoms with Gasteiger partial charge in [-0.2, -0.15) is 0 Å². The van der Waals surface area contributed by atoms with Crippen LogP contribution < -0.4 is 32.2 Å². The van der Waals surface area contributed by atoms with Crippen molar-refractivity contribution in [3.05, 3.63) is 47.5 Å². The summed E-state index contributed by atoms with van der Waals surface area (Å²) in [7, 11) is 6.70. The normalized spacial score (nSPS) is 11.9. The van der Waals surface area contributed by atoms with Gasteiger partial charge in [0, 0.05) is 52.2 Å². The van der Waals surface area contributed by atoms with Crippen LogP contribution in [-0.2, 0) is 22.3 Å². The Morgan fingerprint density at radius 2 is 1.07 bits per heavy atom. The van der Waals surface area contributed by atoms with Crippen LogP contribution in [0.3, 0.4) is 0 Å². The van der Waals surface area contributed by atoms with E-state index in [4.69, 9.17) is 28.4 Å². The van der Waals surface area contributed by atoms with E-state index in [2.05, 4.69) is 93.0 Å². The minimum atomic E-state index is 0. The van der Waals surface area contributed by atoms with Gasteiger partial charge in [-0.1, -0.05) is 55.8 Å². The first-order chi connectivity index (χ1) is 21.6. The van der Waals surface area contributed by atoms with Gasteiger partial charge in [0.1, 0.15) is 0 Å². The van der Waals surface area contributed by atoms with Crippen molar-refractivity contribution in [1.29, 1.82) is 0 Å². The number of aliphatic hydroxyl groups is 1. The number of methoxy groups -OCH3 is 4. The summed E-state index contributed by atoms with van der Waals surface area (Å²) in [6.45, 7) is 11.6. The van der Waals surface area contributed by atoms with Crippen molar-refractivity contribution in [2.24, 2.45) is 23.7 Å². The third-order valence-corrected chi connectivity index (χ3v) is 8.10. The molecule has 0 unspecified atom stereocenters. The zero-order valence-corrected chi connectivity index (χ0v) is 39.1. The van der Waals surface area contributed by atoms with Crippen LogP contribution >= 0.6 is 77.1 Å². The van der Waals surface area contributed by atoms with E-state index in [0.29, 0.717) is 57.4 Å². The molecule has 0 aromatic heterocycles. The van der Waals surface area contributed by atoms with Crippen molar-refractivity contribution in [2.45, 2.75) is 53.4 Å². The molecule has 7 nitrogen and oxygen atoms in total. The maximum absolute atomic E-state index is 9.46. The molecular formula is C34H56BrI4O7-. The molecular weight excluding hydrogens is 1110 g/mol. The summed E-state index contributed by atoms with van der Waals surface area (Å²) in [5, 5.41) is 10.5. The van der Waals surface area contributed by atoms with E-state index in [9.17, 15) is 5.11 Å². The van der Waals surface area contributed by atoms with Crippen LogP contribution in [0.25, 0.3) is 0 Å². The fourth-order valence-corrected chi connectivity index (χ4v) is 5.25. The molecule has 0 aliphatic heterocycles. The van der Waals surface area contributed by atoms with Crippen LogP contribution in [0.1, 0.15) is 51.7 Å². The van der Waals surface area contributed by atoms with Crippen molar-refractivity contribution in [1.82, 2.24) is 0 Å². The van der Waals surface area contributed by atoms with Crippen LogP contribution in [0.4, 0.5) is 0 Å². The number of rotatable bonds is 20. The Morgan fingerprint density at radius 1 is 0.674 bits per heavy atom. The Labute approximate surface area is 334 Å². The monoisotopic (exact) mass is 1160 g/mol. The molecule has 2 rings (SSSR count). The molecule has 0 amide bonds. The van der Waals surface area contributed by atoms with Gasteiger partial charge in [-0.25, -0.2) is 0 Å². The Bertz CT molecular complexity index is 924. The quantitative estimate of drug-likeness (QED) is 0.0908. The van der Waals surface area contributed by atoms with Gasteiger partial charge in [0.05, 0.1) is 27.4 Å². The average molecular weight is 1160 g/mol. The van der Waals surface area contributed by atoms with Crippen LogP contribution in [-0.4, -0.2) is 71.9 Å². The summed E-state index contributed by atoms with van der Waals surface area (Å²) in [6, 6.07) is 12.2. The molecule has 0 radical (unpaired) electrons. The molecule has 0 fully saturated rings. The Hall–Kier alpha value is 0.920. The summed E-state index contributed by atoms with van der Waals surface area (Å²) in [5.41, 5.74) is 2.45. The third kappa shape index (κ3) is 21.9. The number of halogens is 5. The van der Waals surface area contributed by atoms with Crippen molar-refractivity contribution < 1.29 is 46.8 Å². The van der Waals surface area contributed by atoms with Crippen LogP contribution in [0.2, 0.25) is 0 Å². The van der Waals surface area contributed by atoms with E-state index in [1.54, 1.807) is 28.4 Å². The number of aliphatic hydroxyl groups excluding tert-OH is 1. The molecule has 2 aromatic carbocycles. The predicted molar refractivity (Wildman–Crippen MR) is 218 cm³/mol. The summed E-state index contributed by atoms with van der Waals surface area (Å²) < 4.78 is 32.4. The maximum atomic E-state index is 9.46. The van der Waals surface area contributed by atoms with Crippen molar-refractivity contribution in [3.63, 3.8) is 0 Å². The summed E-state index contributed by atoms with van der Waals surface area (Å²) in [4.78, 5) is 0. The van der Waals surface area contributed by atoms with E-state index in [1.807, 2.05) is 24.3 Å². The molecule has 0 aliphatic carbocycles. The SMILES string of the molecule is COCCCOc1cc(C[C@@H](CBr)C(C)C)ccc1OC.COCCCOc1cc(C[C@@H](CO)C(C)C)ccc1OC.I.I[I-]I. The molecule has 2 aromatic rings. The Morgan fingerprint density at radius 3 is 1.37 bits per heavy atom. The van der Waals surface area contributed by atoms with Gasteiger partial charge < -0.3 is 33.5 Å². The molecule has 46 heavy (non-hydrogen) atoms. The van der Waals surface area contributed by atoms with E-state index in [0.717, 1.165) is 59.6 Å². The second-order valence-corrected chi connectivity index (χ2v) is 28.1. The molecule has 0 saturated carbocycles. The number of ether oxygens (including phenoxy) is 6. The van der Waals surface area contributed by atoms with E-state index in [-0.39, 0.29) is 36.5 Å². The standard InChI is InChI=1S/C17H27BrO3.C17H28O4.I3.HI/c2*1-13(2)15(12-18)10-14-6-7-16(20-4)17(11-14)21-9-5-8-19-3;1-3-2;/h6-7,11,13,15H,5,8-10,12H2,1-4H3;6-7,11,13,15,18H,5,8-10,12H2,1-4H3;;1H/q;;-1;/t2*15-;;/m00../s1. The van der Waals surface area contributed by atoms with Gasteiger partial charge >= 0.3 is 50.5 Å². The second-order valence-electron chi connectivity index (χ2n) is 11.2. The van der Waals surface area contributed by atoms with Gasteiger partial charge in [-0.05, 0) is 71.9 Å². The van der Waals surface area contributed by atoms with Gasteiger partial charge in [0.2, 0.25) is 0 Å². The molecule has 0 bridgehead atoms. The molecule has 270 valence electrons. The van der Waals surface area contributed by atoms with Crippen molar-refractivity contribution in [3.8, 4) is 23.0 Å². The first-order valence-electron chi connectivity index (χ1n) is 15.3. The van der Waals surface area contributed by atoms with Gasteiger partial charge in [-0.15, -0.1) is 24.0 Å². The number of hydrogen-bond donors (Lipinski definition) is 1. The minimum absolute atomic E-state index is 0. The van der Waals surface area contributed by atoms with Gasteiger partial charge in [-0.3, -0.25) is 0 Å². The Balaban J connectivity index is 0. The second kappa shape index (κ2) is 31.9. The molecule has 0 spiro atoms. The Kier molecular flexibility index (Phi) is 34.0. The predicted octanol–water partition coefficient (Wildman–Crippen LogP) is 6.63.